The highest BCUT2D eigenvalue weighted by molar-refractivity contribution is 7.98. The van der Waals surface area contributed by atoms with Crippen molar-refractivity contribution in [2.45, 2.75) is 19.4 Å². The van der Waals surface area contributed by atoms with E-state index in [4.69, 9.17) is 5.11 Å². The van der Waals surface area contributed by atoms with Crippen molar-refractivity contribution in [3.05, 3.63) is 11.9 Å². The van der Waals surface area contributed by atoms with Crippen LogP contribution in [0, 0.1) is 0 Å². The number of nitrogens with one attached hydrogen (secondary N) is 1. The lowest BCUT2D eigenvalue weighted by Gasteiger charge is -2.04. The van der Waals surface area contributed by atoms with Crippen molar-refractivity contribution in [3.8, 4) is 0 Å². The van der Waals surface area contributed by atoms with E-state index < -0.39 is 5.97 Å². The van der Waals surface area contributed by atoms with Gasteiger partial charge in [0.15, 0.2) is 5.69 Å². The van der Waals surface area contributed by atoms with Gasteiger partial charge in [-0.3, -0.25) is 4.79 Å². The fourth-order valence-corrected chi connectivity index (χ4v) is 1.77. The number of carbonyl (C=O) groups excluding carboxylic acids is 1. The van der Waals surface area contributed by atoms with Gasteiger partial charge in [-0.25, -0.2) is 9.48 Å². The van der Waals surface area contributed by atoms with Gasteiger partial charge in [-0.1, -0.05) is 5.21 Å². The maximum absolute atomic E-state index is 11.5. The highest BCUT2D eigenvalue weighted by Crippen LogP contribution is 1.98. The Morgan fingerprint density at radius 1 is 1.50 bits per heavy atom. The molecular weight excluding hydrogens is 256 g/mol. The third-order valence-electron chi connectivity index (χ3n) is 2.16. The number of rotatable bonds is 8. The van der Waals surface area contributed by atoms with Crippen LogP contribution in [0.25, 0.3) is 0 Å². The molecule has 0 saturated heterocycles. The summed E-state index contributed by atoms with van der Waals surface area (Å²) in [5, 5.41) is 18.4. The lowest BCUT2D eigenvalue weighted by atomic mass is 10.3. The third-order valence-corrected chi connectivity index (χ3v) is 2.86. The first kappa shape index (κ1) is 14.5. The van der Waals surface area contributed by atoms with E-state index in [0.717, 1.165) is 18.6 Å². The van der Waals surface area contributed by atoms with E-state index in [2.05, 4.69) is 15.6 Å². The monoisotopic (exact) mass is 272 g/mol. The summed E-state index contributed by atoms with van der Waals surface area (Å²) in [5.74, 6) is -0.263. The summed E-state index contributed by atoms with van der Waals surface area (Å²) >= 11 is 1.78. The van der Waals surface area contributed by atoms with Gasteiger partial charge >= 0.3 is 5.97 Å². The Kier molecular flexibility index (Phi) is 6.20. The molecule has 1 aromatic rings. The predicted molar refractivity (Wildman–Crippen MR) is 67.6 cm³/mol. The minimum Gasteiger partial charge on any atom is -0.476 e. The van der Waals surface area contributed by atoms with Crippen LogP contribution in [0.4, 0.5) is 0 Å². The zero-order chi connectivity index (χ0) is 13.4. The standard InChI is InChI=1S/C10H16N4O3S/c1-18-5-3-2-4-11-9(15)7-14-6-8(10(16)17)12-13-14/h6H,2-5,7H2,1H3,(H,11,15)(H,16,17). The highest BCUT2D eigenvalue weighted by Gasteiger charge is 2.10. The number of carboxylic acid groups (broad SMARTS) is 1. The topological polar surface area (TPSA) is 97.1 Å². The molecule has 0 radical (unpaired) electrons. The van der Waals surface area contributed by atoms with E-state index in [1.807, 2.05) is 6.26 Å². The van der Waals surface area contributed by atoms with Crippen molar-refractivity contribution >= 4 is 23.6 Å². The van der Waals surface area contributed by atoms with E-state index in [-0.39, 0.29) is 18.1 Å². The summed E-state index contributed by atoms with van der Waals surface area (Å²) in [6.45, 7) is 0.614. The minimum atomic E-state index is -1.15. The Balaban J connectivity index is 2.24. The zero-order valence-corrected chi connectivity index (χ0v) is 10.9. The summed E-state index contributed by atoms with van der Waals surface area (Å²) in [5.41, 5.74) is -0.164. The average molecular weight is 272 g/mol. The van der Waals surface area contributed by atoms with Crippen LogP contribution in [0.1, 0.15) is 23.3 Å². The fraction of sp³-hybridized carbons (Fsp3) is 0.600. The molecule has 0 spiro atoms. The fourth-order valence-electron chi connectivity index (χ4n) is 1.28. The van der Waals surface area contributed by atoms with Crippen LogP contribution < -0.4 is 5.32 Å². The molecule has 0 saturated carbocycles. The lowest BCUT2D eigenvalue weighted by molar-refractivity contribution is -0.121. The van der Waals surface area contributed by atoms with Crippen molar-refractivity contribution in [1.82, 2.24) is 20.3 Å². The van der Waals surface area contributed by atoms with Crippen LogP contribution >= 0.6 is 11.8 Å². The van der Waals surface area contributed by atoms with Gasteiger partial charge in [0.1, 0.15) is 6.54 Å². The van der Waals surface area contributed by atoms with Crippen molar-refractivity contribution in [2.75, 3.05) is 18.6 Å². The number of aromatic carboxylic acids is 1. The Bertz CT molecular complexity index is 408. The van der Waals surface area contributed by atoms with Crippen LogP contribution in [-0.4, -0.2) is 50.5 Å². The zero-order valence-electron chi connectivity index (χ0n) is 10.1. The summed E-state index contributed by atoms with van der Waals surface area (Å²) in [4.78, 5) is 22.0. The number of thioether (sulfide) groups is 1. The smallest absolute Gasteiger partial charge is 0.358 e. The highest BCUT2D eigenvalue weighted by atomic mass is 32.2. The van der Waals surface area contributed by atoms with Gasteiger partial charge in [-0.15, -0.1) is 5.10 Å². The number of carbonyl (C=O) groups is 2. The van der Waals surface area contributed by atoms with Gasteiger partial charge < -0.3 is 10.4 Å². The number of unbranched alkanes of at least 4 members (excludes halogenated alkanes) is 1. The maximum atomic E-state index is 11.5. The van der Waals surface area contributed by atoms with Crippen molar-refractivity contribution < 1.29 is 14.7 Å². The number of nitrogens with zero attached hydrogens (tertiary/aromatic N) is 3. The maximum Gasteiger partial charge on any atom is 0.358 e. The number of amides is 1. The molecule has 0 unspecified atom stereocenters. The molecule has 8 heteroatoms. The summed E-state index contributed by atoms with van der Waals surface area (Å²) in [6, 6.07) is 0. The molecule has 2 N–H and O–H groups in total. The molecule has 0 atom stereocenters. The molecule has 7 nitrogen and oxygen atoms in total. The van der Waals surface area contributed by atoms with Crippen molar-refractivity contribution in [3.63, 3.8) is 0 Å². The molecule has 18 heavy (non-hydrogen) atoms. The predicted octanol–water partition coefficient (Wildman–Crippen LogP) is 0.236. The number of aromatic nitrogens is 3. The Labute approximate surface area is 109 Å². The molecule has 0 bridgehead atoms. The molecule has 0 aromatic carbocycles. The van der Waals surface area contributed by atoms with E-state index >= 15 is 0 Å². The number of carboxylic acids is 1. The SMILES string of the molecule is CSCCCCNC(=O)Cn1cc(C(=O)O)nn1. The normalized spacial score (nSPS) is 10.3. The molecule has 0 aliphatic rings. The van der Waals surface area contributed by atoms with Gasteiger partial charge in [0.05, 0.1) is 6.20 Å². The number of hydrogen-bond donors (Lipinski definition) is 2. The first-order valence-electron chi connectivity index (χ1n) is 5.52. The van der Waals surface area contributed by atoms with E-state index in [1.165, 1.54) is 10.9 Å². The van der Waals surface area contributed by atoms with Gasteiger partial charge in [0, 0.05) is 6.54 Å². The molecular formula is C10H16N4O3S. The van der Waals surface area contributed by atoms with Crippen LogP contribution in [0.2, 0.25) is 0 Å². The van der Waals surface area contributed by atoms with Gasteiger partial charge in [-0.2, -0.15) is 11.8 Å². The minimum absolute atomic E-state index is 0.0111. The van der Waals surface area contributed by atoms with Gasteiger partial charge in [0.2, 0.25) is 5.91 Å². The largest absolute Gasteiger partial charge is 0.476 e. The first-order chi connectivity index (χ1) is 8.63. The van der Waals surface area contributed by atoms with Crippen LogP contribution in [0.15, 0.2) is 6.20 Å². The quantitative estimate of drug-likeness (QED) is 0.658. The Morgan fingerprint density at radius 3 is 2.89 bits per heavy atom. The summed E-state index contributed by atoms with van der Waals surface area (Å²) in [7, 11) is 0. The van der Waals surface area contributed by atoms with Gasteiger partial charge in [0.25, 0.3) is 0 Å². The second-order valence-electron chi connectivity index (χ2n) is 3.66. The Hall–Kier alpha value is -1.57. The van der Waals surface area contributed by atoms with Crippen LogP contribution in [-0.2, 0) is 11.3 Å². The van der Waals surface area contributed by atoms with E-state index in [9.17, 15) is 9.59 Å². The number of hydrogen-bond acceptors (Lipinski definition) is 5. The summed E-state index contributed by atoms with van der Waals surface area (Å²) < 4.78 is 1.21. The third kappa shape index (κ3) is 5.17. The second-order valence-corrected chi connectivity index (χ2v) is 4.64. The van der Waals surface area contributed by atoms with E-state index in [0.29, 0.717) is 6.54 Å². The lowest BCUT2D eigenvalue weighted by Crippen LogP contribution is -2.28. The van der Waals surface area contributed by atoms with Gasteiger partial charge in [-0.05, 0) is 24.9 Å². The van der Waals surface area contributed by atoms with Crippen LogP contribution in [0.5, 0.6) is 0 Å². The summed E-state index contributed by atoms with van der Waals surface area (Å²) in [6.07, 6.45) is 5.28. The average Bonchev–Trinajstić information content (AvgIpc) is 2.77. The molecule has 1 amide bonds. The first-order valence-corrected chi connectivity index (χ1v) is 6.92. The molecule has 0 aliphatic heterocycles. The van der Waals surface area contributed by atoms with Crippen molar-refractivity contribution in [2.24, 2.45) is 0 Å². The van der Waals surface area contributed by atoms with Crippen LogP contribution in [0.3, 0.4) is 0 Å². The Morgan fingerprint density at radius 2 is 2.28 bits per heavy atom. The molecule has 0 fully saturated rings. The van der Waals surface area contributed by atoms with Crippen molar-refractivity contribution in [1.29, 1.82) is 0 Å². The molecule has 0 aliphatic carbocycles. The molecule has 100 valence electrons. The molecule has 1 aromatic heterocycles. The molecule has 1 heterocycles. The second kappa shape index (κ2) is 7.70. The van der Waals surface area contributed by atoms with E-state index in [1.54, 1.807) is 11.8 Å². The molecule has 1 rings (SSSR count).